The lowest BCUT2D eigenvalue weighted by Gasteiger charge is -2.17. The molecule has 1 aliphatic carbocycles. The molecule has 2 amide bonds. The van der Waals surface area contributed by atoms with E-state index in [9.17, 15) is 9.59 Å². The van der Waals surface area contributed by atoms with Gasteiger partial charge in [-0.1, -0.05) is 6.42 Å². The average Bonchev–Trinajstić information content (AvgIpc) is 2.95. The number of aryl methyl sites for hydroxylation is 1. The molecule has 1 heterocycles. The van der Waals surface area contributed by atoms with Crippen LogP contribution in [-0.2, 0) is 11.3 Å². The minimum Gasteiger partial charge on any atom is -0.481 e. The lowest BCUT2D eigenvalue weighted by Crippen LogP contribution is -2.45. The van der Waals surface area contributed by atoms with Crippen molar-refractivity contribution in [2.45, 2.75) is 38.8 Å². The average molecular weight is 266 g/mol. The Bertz CT molecular complexity index is 469. The fourth-order valence-corrected chi connectivity index (χ4v) is 2.40. The maximum atomic E-state index is 11.7. The van der Waals surface area contributed by atoms with Gasteiger partial charge in [0, 0.05) is 6.04 Å². The molecule has 1 aromatic rings. The quantitative estimate of drug-likeness (QED) is 0.772. The number of carboxylic acids is 1. The summed E-state index contributed by atoms with van der Waals surface area (Å²) < 4.78 is 5.33. The number of hydrogen-bond donors (Lipinski definition) is 3. The van der Waals surface area contributed by atoms with Crippen LogP contribution < -0.4 is 10.6 Å². The predicted molar refractivity (Wildman–Crippen MR) is 67.6 cm³/mol. The number of carboxylic acid groups (broad SMARTS) is 1. The monoisotopic (exact) mass is 266 g/mol. The van der Waals surface area contributed by atoms with Crippen LogP contribution in [0.2, 0.25) is 0 Å². The van der Waals surface area contributed by atoms with Crippen LogP contribution in [0, 0.1) is 12.8 Å². The van der Waals surface area contributed by atoms with Crippen molar-refractivity contribution in [1.29, 1.82) is 0 Å². The molecule has 0 aromatic carbocycles. The highest BCUT2D eigenvalue weighted by atomic mass is 16.4. The van der Waals surface area contributed by atoms with E-state index in [1.165, 1.54) is 0 Å². The van der Waals surface area contributed by atoms with Crippen LogP contribution in [0.3, 0.4) is 0 Å². The van der Waals surface area contributed by atoms with E-state index in [4.69, 9.17) is 9.52 Å². The molecule has 2 atom stereocenters. The Morgan fingerprint density at radius 1 is 1.42 bits per heavy atom. The van der Waals surface area contributed by atoms with Gasteiger partial charge in [-0.05, 0) is 31.9 Å². The van der Waals surface area contributed by atoms with Gasteiger partial charge in [-0.2, -0.15) is 0 Å². The van der Waals surface area contributed by atoms with Gasteiger partial charge in [0.2, 0.25) is 0 Å². The van der Waals surface area contributed by atoms with Gasteiger partial charge < -0.3 is 20.2 Å². The summed E-state index contributed by atoms with van der Waals surface area (Å²) in [6.45, 7) is 2.13. The highest BCUT2D eigenvalue weighted by Crippen LogP contribution is 2.25. The van der Waals surface area contributed by atoms with E-state index in [2.05, 4.69) is 10.6 Å². The minimum atomic E-state index is -0.843. The molecule has 2 rings (SSSR count). The van der Waals surface area contributed by atoms with E-state index >= 15 is 0 Å². The van der Waals surface area contributed by atoms with Crippen LogP contribution in [0.5, 0.6) is 0 Å². The van der Waals surface area contributed by atoms with E-state index in [1.807, 2.05) is 13.0 Å². The summed E-state index contributed by atoms with van der Waals surface area (Å²) in [5.41, 5.74) is 0. The van der Waals surface area contributed by atoms with Crippen molar-refractivity contribution in [3.63, 3.8) is 0 Å². The van der Waals surface area contributed by atoms with Crippen LogP contribution in [0.4, 0.5) is 4.79 Å². The summed E-state index contributed by atoms with van der Waals surface area (Å²) in [7, 11) is 0. The third kappa shape index (κ3) is 3.49. The summed E-state index contributed by atoms with van der Waals surface area (Å²) in [5.74, 6) is 0.147. The molecule has 0 bridgehead atoms. The summed E-state index contributed by atoms with van der Waals surface area (Å²) >= 11 is 0. The van der Waals surface area contributed by atoms with Crippen molar-refractivity contribution in [1.82, 2.24) is 10.6 Å². The second-order valence-corrected chi connectivity index (χ2v) is 4.82. The molecule has 0 radical (unpaired) electrons. The van der Waals surface area contributed by atoms with Crippen LogP contribution in [0.1, 0.15) is 30.8 Å². The Labute approximate surface area is 111 Å². The van der Waals surface area contributed by atoms with Gasteiger partial charge in [0.05, 0.1) is 12.5 Å². The van der Waals surface area contributed by atoms with E-state index in [0.717, 1.165) is 12.2 Å². The topological polar surface area (TPSA) is 91.6 Å². The van der Waals surface area contributed by atoms with Gasteiger partial charge in [-0.25, -0.2) is 4.79 Å². The first-order valence-corrected chi connectivity index (χ1v) is 6.39. The lowest BCUT2D eigenvalue weighted by atomic mass is 10.0. The Kier molecular flexibility index (Phi) is 4.09. The van der Waals surface area contributed by atoms with Crippen molar-refractivity contribution in [2.24, 2.45) is 5.92 Å². The summed E-state index contributed by atoms with van der Waals surface area (Å²) in [6, 6.07) is 2.99. The molecule has 1 aromatic heterocycles. The normalized spacial score (nSPS) is 22.2. The Morgan fingerprint density at radius 3 is 2.84 bits per heavy atom. The van der Waals surface area contributed by atoms with E-state index in [0.29, 0.717) is 25.1 Å². The van der Waals surface area contributed by atoms with Crippen molar-refractivity contribution < 1.29 is 19.1 Å². The molecular formula is C13H18N2O4. The van der Waals surface area contributed by atoms with E-state index in [-0.39, 0.29) is 12.1 Å². The van der Waals surface area contributed by atoms with Gasteiger partial charge in [0.25, 0.3) is 0 Å². The fraction of sp³-hybridized carbons (Fsp3) is 0.538. The number of nitrogens with one attached hydrogen (secondary N) is 2. The second-order valence-electron chi connectivity index (χ2n) is 4.82. The number of amides is 2. The zero-order valence-electron chi connectivity index (χ0n) is 10.8. The van der Waals surface area contributed by atoms with Crippen LogP contribution in [-0.4, -0.2) is 23.1 Å². The number of carbonyl (C=O) groups excluding carboxylic acids is 1. The summed E-state index contributed by atoms with van der Waals surface area (Å²) in [5, 5.41) is 14.4. The second kappa shape index (κ2) is 5.77. The van der Waals surface area contributed by atoms with Gasteiger partial charge in [-0.15, -0.1) is 0 Å². The number of carbonyl (C=O) groups is 2. The van der Waals surface area contributed by atoms with Crippen LogP contribution in [0.15, 0.2) is 16.5 Å². The molecule has 1 saturated carbocycles. The molecule has 104 valence electrons. The van der Waals surface area contributed by atoms with Crippen molar-refractivity contribution in [3.8, 4) is 0 Å². The number of rotatable bonds is 4. The van der Waals surface area contributed by atoms with Gasteiger partial charge in [-0.3, -0.25) is 4.79 Å². The standard InChI is InChI=1S/C13H18N2O4/c1-8-5-6-9(19-8)7-14-13(18)15-11-4-2-3-10(11)12(16)17/h5-6,10-11H,2-4,7H2,1H3,(H,16,17)(H2,14,15,18). The molecular weight excluding hydrogens is 248 g/mol. The number of aliphatic carboxylic acids is 1. The van der Waals surface area contributed by atoms with Crippen LogP contribution in [0.25, 0.3) is 0 Å². The highest BCUT2D eigenvalue weighted by molar-refractivity contribution is 5.76. The van der Waals surface area contributed by atoms with Gasteiger partial charge >= 0.3 is 12.0 Å². The molecule has 19 heavy (non-hydrogen) atoms. The maximum Gasteiger partial charge on any atom is 0.315 e. The minimum absolute atomic E-state index is 0.282. The third-order valence-electron chi connectivity index (χ3n) is 3.37. The van der Waals surface area contributed by atoms with E-state index < -0.39 is 11.9 Å². The molecule has 2 unspecified atom stereocenters. The molecule has 3 N–H and O–H groups in total. The Balaban J connectivity index is 1.79. The predicted octanol–water partition coefficient (Wildman–Crippen LogP) is 1.64. The number of furan rings is 1. The molecule has 0 spiro atoms. The largest absolute Gasteiger partial charge is 0.481 e. The first-order chi connectivity index (χ1) is 9.06. The highest BCUT2D eigenvalue weighted by Gasteiger charge is 2.33. The van der Waals surface area contributed by atoms with Crippen molar-refractivity contribution in [2.75, 3.05) is 0 Å². The fourth-order valence-electron chi connectivity index (χ4n) is 2.40. The summed E-state index contributed by atoms with van der Waals surface area (Å²) in [6.07, 6.45) is 2.17. The summed E-state index contributed by atoms with van der Waals surface area (Å²) in [4.78, 5) is 22.7. The Morgan fingerprint density at radius 2 is 2.21 bits per heavy atom. The van der Waals surface area contributed by atoms with Crippen LogP contribution >= 0.6 is 0 Å². The lowest BCUT2D eigenvalue weighted by molar-refractivity contribution is -0.142. The molecule has 1 fully saturated rings. The zero-order valence-corrected chi connectivity index (χ0v) is 10.8. The van der Waals surface area contributed by atoms with Gasteiger partial charge in [0.1, 0.15) is 11.5 Å². The SMILES string of the molecule is Cc1ccc(CNC(=O)NC2CCCC2C(=O)O)o1. The van der Waals surface area contributed by atoms with Gasteiger partial charge in [0.15, 0.2) is 0 Å². The van der Waals surface area contributed by atoms with E-state index in [1.54, 1.807) is 6.07 Å². The first-order valence-electron chi connectivity index (χ1n) is 6.39. The number of urea groups is 1. The molecule has 0 aliphatic heterocycles. The van der Waals surface area contributed by atoms with Crippen molar-refractivity contribution in [3.05, 3.63) is 23.7 Å². The maximum absolute atomic E-state index is 11.7. The molecule has 1 aliphatic rings. The zero-order chi connectivity index (χ0) is 13.8. The number of hydrogen-bond acceptors (Lipinski definition) is 3. The molecule has 6 heteroatoms. The first kappa shape index (κ1) is 13.5. The molecule has 0 saturated heterocycles. The third-order valence-corrected chi connectivity index (χ3v) is 3.37. The Hall–Kier alpha value is -1.98. The van der Waals surface area contributed by atoms with Crippen molar-refractivity contribution >= 4 is 12.0 Å². The molecule has 6 nitrogen and oxygen atoms in total. The smallest absolute Gasteiger partial charge is 0.315 e.